The highest BCUT2D eigenvalue weighted by molar-refractivity contribution is 7.16. The normalized spacial score (nSPS) is 13.2. The number of nitrogens with zero attached hydrogens (tertiary/aromatic N) is 2. The molecule has 1 heterocycles. The lowest BCUT2D eigenvalue weighted by Gasteiger charge is -2.01. The minimum atomic E-state index is -0.542. The van der Waals surface area contributed by atoms with Gasteiger partial charge < -0.3 is 4.74 Å². The monoisotopic (exact) mass is 364 g/mol. The third-order valence-corrected chi connectivity index (χ3v) is 5.31. The second-order valence-electron chi connectivity index (χ2n) is 5.26. The van der Waals surface area contributed by atoms with Gasteiger partial charge in [-0.3, -0.25) is 10.1 Å². The van der Waals surface area contributed by atoms with Crippen LogP contribution in [-0.2, 0) is 17.6 Å². The highest BCUT2D eigenvalue weighted by Gasteiger charge is 2.26. The van der Waals surface area contributed by atoms with Crippen molar-refractivity contribution in [2.45, 2.75) is 19.3 Å². The van der Waals surface area contributed by atoms with Crippen molar-refractivity contribution in [3.63, 3.8) is 0 Å². The summed E-state index contributed by atoms with van der Waals surface area (Å²) in [5, 5.41) is 11.6. The fourth-order valence-electron chi connectivity index (χ4n) is 2.68. The first-order valence-corrected chi connectivity index (χ1v) is 8.41. The molecule has 24 heavy (non-hydrogen) atoms. The summed E-state index contributed by atoms with van der Waals surface area (Å²) in [7, 11) is 1.34. The van der Waals surface area contributed by atoms with E-state index in [2.05, 4.69) is 4.99 Å². The van der Waals surface area contributed by atoms with Crippen LogP contribution in [0.3, 0.4) is 0 Å². The minimum absolute atomic E-state index is 0.0718. The largest absolute Gasteiger partial charge is 0.465 e. The molecule has 3 rings (SSSR count). The third-order valence-electron chi connectivity index (χ3n) is 3.79. The Morgan fingerprint density at radius 1 is 1.46 bits per heavy atom. The molecule has 0 atom stereocenters. The van der Waals surface area contributed by atoms with Gasteiger partial charge in [-0.15, -0.1) is 11.3 Å². The van der Waals surface area contributed by atoms with E-state index in [1.807, 2.05) is 0 Å². The molecule has 0 bridgehead atoms. The summed E-state index contributed by atoms with van der Waals surface area (Å²) in [5.74, 6) is -0.399. The van der Waals surface area contributed by atoms with Crippen LogP contribution in [0.5, 0.6) is 0 Å². The molecule has 6 nitrogen and oxygen atoms in total. The van der Waals surface area contributed by atoms with E-state index < -0.39 is 10.9 Å². The molecule has 1 aliphatic rings. The van der Waals surface area contributed by atoms with Crippen LogP contribution in [0.1, 0.15) is 32.8 Å². The molecule has 0 spiro atoms. The summed E-state index contributed by atoms with van der Waals surface area (Å²) in [6.07, 6.45) is 4.30. The standard InChI is InChI=1S/C16H13ClN2O4S/c1-23-16(20)14-10-3-2-4-13(10)24-15(14)18-8-9-5-6-11(17)12(7-9)19(21)22/h5-8H,2-4H2,1H3. The molecule has 0 saturated carbocycles. The van der Waals surface area contributed by atoms with E-state index in [1.54, 1.807) is 6.07 Å². The number of aliphatic imine (C=N–C) groups is 1. The number of thiophene rings is 1. The van der Waals surface area contributed by atoms with Gasteiger partial charge in [-0.1, -0.05) is 17.7 Å². The first kappa shape index (κ1) is 16.6. The van der Waals surface area contributed by atoms with Gasteiger partial charge in [0, 0.05) is 17.2 Å². The van der Waals surface area contributed by atoms with E-state index in [9.17, 15) is 14.9 Å². The second kappa shape index (κ2) is 6.70. The molecule has 0 aliphatic heterocycles. The second-order valence-corrected chi connectivity index (χ2v) is 6.75. The van der Waals surface area contributed by atoms with Crippen molar-refractivity contribution in [3.05, 3.63) is 54.9 Å². The molecule has 0 unspecified atom stereocenters. The van der Waals surface area contributed by atoms with Gasteiger partial charge in [-0.05, 0) is 36.5 Å². The summed E-state index contributed by atoms with van der Waals surface area (Å²) >= 11 is 7.27. The smallest absolute Gasteiger partial charge is 0.341 e. The summed E-state index contributed by atoms with van der Waals surface area (Å²) < 4.78 is 4.87. The number of carbonyl (C=O) groups excluding carboxylic acids is 1. The number of nitro groups is 1. The lowest BCUT2D eigenvalue weighted by atomic mass is 10.1. The van der Waals surface area contributed by atoms with Gasteiger partial charge in [0.15, 0.2) is 0 Å². The molecular formula is C16H13ClN2O4S. The molecule has 1 aliphatic carbocycles. The third kappa shape index (κ3) is 3.05. The highest BCUT2D eigenvalue weighted by Crippen LogP contribution is 2.41. The summed E-state index contributed by atoms with van der Waals surface area (Å²) in [5.41, 5.74) is 1.88. The number of benzene rings is 1. The maximum atomic E-state index is 12.1. The van der Waals surface area contributed by atoms with E-state index in [0.29, 0.717) is 16.1 Å². The number of nitro benzene ring substituents is 1. The molecule has 0 radical (unpaired) electrons. The zero-order valence-corrected chi connectivity index (χ0v) is 14.3. The van der Waals surface area contributed by atoms with Gasteiger partial charge in [0.25, 0.3) is 5.69 Å². The average Bonchev–Trinajstić information content (AvgIpc) is 3.13. The zero-order valence-electron chi connectivity index (χ0n) is 12.7. The number of fused-ring (bicyclic) bond motifs is 1. The fraction of sp³-hybridized carbons (Fsp3) is 0.250. The Balaban J connectivity index is 1.97. The summed E-state index contributed by atoms with van der Waals surface area (Å²) in [6, 6.07) is 4.44. The number of hydrogen-bond donors (Lipinski definition) is 0. The number of carbonyl (C=O) groups is 1. The van der Waals surface area contributed by atoms with Gasteiger partial charge in [0.05, 0.1) is 17.6 Å². The van der Waals surface area contributed by atoms with Crippen molar-refractivity contribution in [2.75, 3.05) is 7.11 Å². The Labute approximate surface area is 146 Å². The molecule has 1 aromatic carbocycles. The highest BCUT2D eigenvalue weighted by atomic mass is 35.5. The van der Waals surface area contributed by atoms with Crippen molar-refractivity contribution in [1.29, 1.82) is 0 Å². The number of hydrogen-bond acceptors (Lipinski definition) is 6. The lowest BCUT2D eigenvalue weighted by Crippen LogP contribution is -2.03. The topological polar surface area (TPSA) is 81.8 Å². The average molecular weight is 365 g/mol. The Kier molecular flexibility index (Phi) is 4.64. The van der Waals surface area contributed by atoms with Gasteiger partial charge >= 0.3 is 5.97 Å². The van der Waals surface area contributed by atoms with E-state index >= 15 is 0 Å². The summed E-state index contributed by atoms with van der Waals surface area (Å²) in [6.45, 7) is 0. The lowest BCUT2D eigenvalue weighted by molar-refractivity contribution is -0.384. The fourth-order valence-corrected chi connectivity index (χ4v) is 4.08. The number of rotatable bonds is 4. The van der Waals surface area contributed by atoms with Crippen LogP contribution in [-0.4, -0.2) is 24.2 Å². The van der Waals surface area contributed by atoms with Crippen molar-refractivity contribution in [3.8, 4) is 0 Å². The molecule has 8 heteroatoms. The molecule has 0 fully saturated rings. The number of ether oxygens (including phenoxy) is 1. The van der Waals surface area contributed by atoms with Crippen LogP contribution in [0, 0.1) is 10.1 Å². The first-order chi connectivity index (χ1) is 11.5. The van der Waals surface area contributed by atoms with Gasteiger partial charge in [-0.25, -0.2) is 9.79 Å². The van der Waals surface area contributed by atoms with E-state index in [0.717, 1.165) is 29.7 Å². The minimum Gasteiger partial charge on any atom is -0.465 e. The van der Waals surface area contributed by atoms with Gasteiger partial charge in [0.2, 0.25) is 0 Å². The zero-order chi connectivity index (χ0) is 17.3. The van der Waals surface area contributed by atoms with Gasteiger partial charge in [0.1, 0.15) is 10.0 Å². The quantitative estimate of drug-likeness (QED) is 0.350. The van der Waals surface area contributed by atoms with Gasteiger partial charge in [-0.2, -0.15) is 0 Å². The van der Waals surface area contributed by atoms with Crippen molar-refractivity contribution >= 4 is 45.8 Å². The predicted molar refractivity (Wildman–Crippen MR) is 93.0 cm³/mol. The molecular weight excluding hydrogens is 352 g/mol. The van der Waals surface area contributed by atoms with Crippen molar-refractivity contribution < 1.29 is 14.5 Å². The Bertz CT molecular complexity index is 860. The first-order valence-electron chi connectivity index (χ1n) is 7.22. The number of esters is 1. The molecule has 2 aromatic rings. The van der Waals surface area contributed by atoms with Crippen LogP contribution in [0.15, 0.2) is 23.2 Å². The number of methoxy groups -OCH3 is 1. The van der Waals surface area contributed by atoms with Crippen LogP contribution >= 0.6 is 22.9 Å². The Hall–Kier alpha value is -2.25. The Morgan fingerprint density at radius 3 is 2.96 bits per heavy atom. The van der Waals surface area contributed by atoms with E-state index in [4.69, 9.17) is 16.3 Å². The molecule has 124 valence electrons. The van der Waals surface area contributed by atoms with Crippen LogP contribution < -0.4 is 0 Å². The molecule has 0 amide bonds. The SMILES string of the molecule is COC(=O)c1c(N=Cc2ccc(Cl)c([N+](=O)[O-])c2)sc2c1CCC2. The number of halogens is 1. The maximum Gasteiger partial charge on any atom is 0.341 e. The number of aryl methyl sites for hydroxylation is 1. The Morgan fingerprint density at radius 2 is 2.25 bits per heavy atom. The van der Waals surface area contributed by atoms with E-state index in [-0.39, 0.29) is 10.7 Å². The molecule has 0 N–H and O–H groups in total. The summed E-state index contributed by atoms with van der Waals surface area (Å²) in [4.78, 5) is 28.0. The molecule has 0 saturated heterocycles. The van der Waals surface area contributed by atoms with Crippen LogP contribution in [0.25, 0.3) is 0 Å². The van der Waals surface area contributed by atoms with Crippen LogP contribution in [0.2, 0.25) is 5.02 Å². The van der Waals surface area contributed by atoms with E-state index in [1.165, 1.54) is 36.8 Å². The maximum absolute atomic E-state index is 12.1. The van der Waals surface area contributed by atoms with Crippen LogP contribution in [0.4, 0.5) is 10.7 Å². The predicted octanol–water partition coefficient (Wildman–Crippen LogP) is 4.34. The van der Waals surface area contributed by atoms with Crippen molar-refractivity contribution in [1.82, 2.24) is 0 Å². The molecule has 1 aromatic heterocycles. The van der Waals surface area contributed by atoms with Crippen molar-refractivity contribution in [2.24, 2.45) is 4.99 Å².